The van der Waals surface area contributed by atoms with E-state index in [0.717, 1.165) is 58.3 Å². The van der Waals surface area contributed by atoms with Crippen LogP contribution in [0.1, 0.15) is 25.3 Å². The minimum absolute atomic E-state index is 0. The summed E-state index contributed by atoms with van der Waals surface area (Å²) >= 11 is 0. The fourth-order valence-corrected chi connectivity index (χ4v) is 2.98. The minimum Gasteiger partial charge on any atom is -0.379 e. The molecule has 2 rings (SSSR count). The number of morpholine rings is 1. The lowest BCUT2D eigenvalue weighted by Gasteiger charge is -2.30. The second-order valence-electron chi connectivity index (χ2n) is 6.66. The molecule has 1 aromatic rings. The topological polar surface area (TPSA) is 67.4 Å². The van der Waals surface area contributed by atoms with Crippen LogP contribution in [0.4, 0.5) is 5.69 Å². The van der Waals surface area contributed by atoms with Gasteiger partial charge in [-0.05, 0) is 18.1 Å². The highest BCUT2D eigenvalue weighted by Gasteiger charge is 2.14. The fraction of sp³-hybridized carbons (Fsp3) is 0.667. The summed E-state index contributed by atoms with van der Waals surface area (Å²) < 4.78 is 16.5. The number of benzene rings is 1. The van der Waals surface area contributed by atoms with Gasteiger partial charge in [-0.3, -0.25) is 4.99 Å². The summed E-state index contributed by atoms with van der Waals surface area (Å²) in [6.07, 6.45) is 2.27. The lowest BCUT2D eigenvalue weighted by molar-refractivity contribution is 0.0487. The smallest absolute Gasteiger partial charge is 0.191 e. The number of hydrogen-bond acceptors (Lipinski definition) is 5. The molecule has 0 saturated carbocycles. The van der Waals surface area contributed by atoms with E-state index in [-0.39, 0.29) is 24.0 Å². The maximum Gasteiger partial charge on any atom is 0.191 e. The number of guanidine groups is 1. The molecule has 1 aromatic carbocycles. The second kappa shape index (κ2) is 16.7. The predicted octanol–water partition coefficient (Wildman–Crippen LogP) is 2.64. The van der Waals surface area contributed by atoms with Gasteiger partial charge in [0.25, 0.3) is 0 Å². The van der Waals surface area contributed by atoms with Crippen LogP contribution in [0.15, 0.2) is 29.3 Å². The summed E-state index contributed by atoms with van der Waals surface area (Å²) in [5, 5.41) is 6.68. The average molecular weight is 520 g/mol. The molecule has 0 spiro atoms. The number of para-hydroxylation sites is 1. The number of halogens is 1. The van der Waals surface area contributed by atoms with E-state index >= 15 is 0 Å². The van der Waals surface area contributed by atoms with Gasteiger partial charge in [0, 0.05) is 45.5 Å². The van der Waals surface area contributed by atoms with Crippen LogP contribution in [0.2, 0.25) is 0 Å². The molecule has 0 bridgehead atoms. The standard InChI is InChI=1S/C21H36N4O3.HI/c1-3-4-12-26-16-17-27-13-9-23-21(22-2)24-18-19-7-5-6-8-20(19)25-10-14-28-15-11-25;/h5-8H,3-4,9-18H2,1-2H3,(H2,22,23,24);1H. The van der Waals surface area contributed by atoms with Crippen molar-refractivity contribution >= 4 is 35.6 Å². The van der Waals surface area contributed by atoms with E-state index < -0.39 is 0 Å². The predicted molar refractivity (Wildman–Crippen MR) is 130 cm³/mol. The summed E-state index contributed by atoms with van der Waals surface area (Å²) in [6.45, 7) is 9.77. The van der Waals surface area contributed by atoms with Crippen LogP contribution in [0.5, 0.6) is 0 Å². The Morgan fingerprint density at radius 2 is 1.79 bits per heavy atom. The summed E-state index contributed by atoms with van der Waals surface area (Å²) in [7, 11) is 1.78. The van der Waals surface area contributed by atoms with E-state index in [0.29, 0.717) is 26.4 Å². The molecule has 0 amide bonds. The van der Waals surface area contributed by atoms with Crippen molar-refractivity contribution in [1.82, 2.24) is 10.6 Å². The molecule has 0 atom stereocenters. The van der Waals surface area contributed by atoms with Crippen molar-refractivity contribution in [1.29, 1.82) is 0 Å². The molecule has 1 aliphatic heterocycles. The third-order valence-corrected chi connectivity index (χ3v) is 4.57. The van der Waals surface area contributed by atoms with Gasteiger partial charge in [-0.15, -0.1) is 24.0 Å². The molecule has 29 heavy (non-hydrogen) atoms. The number of hydrogen-bond donors (Lipinski definition) is 2. The molecule has 0 aliphatic carbocycles. The third kappa shape index (κ3) is 10.5. The highest BCUT2D eigenvalue weighted by Crippen LogP contribution is 2.21. The van der Waals surface area contributed by atoms with E-state index in [1.54, 1.807) is 7.05 Å². The van der Waals surface area contributed by atoms with Crippen LogP contribution in [0.3, 0.4) is 0 Å². The first-order valence-electron chi connectivity index (χ1n) is 10.4. The first kappa shape index (κ1) is 25.9. The van der Waals surface area contributed by atoms with E-state index in [4.69, 9.17) is 14.2 Å². The Kier molecular flexibility index (Phi) is 14.9. The second-order valence-corrected chi connectivity index (χ2v) is 6.66. The van der Waals surface area contributed by atoms with Crippen molar-refractivity contribution in [3.8, 4) is 0 Å². The van der Waals surface area contributed by atoms with Crippen LogP contribution in [0.25, 0.3) is 0 Å². The monoisotopic (exact) mass is 520 g/mol. The molecular weight excluding hydrogens is 483 g/mol. The summed E-state index contributed by atoms with van der Waals surface area (Å²) in [5.74, 6) is 0.777. The number of rotatable bonds is 12. The Morgan fingerprint density at radius 3 is 2.52 bits per heavy atom. The molecule has 7 nitrogen and oxygen atoms in total. The maximum absolute atomic E-state index is 5.58. The third-order valence-electron chi connectivity index (χ3n) is 4.57. The minimum atomic E-state index is 0. The van der Waals surface area contributed by atoms with Gasteiger partial charge in [-0.25, -0.2) is 0 Å². The zero-order valence-electron chi connectivity index (χ0n) is 17.8. The van der Waals surface area contributed by atoms with Crippen LogP contribution in [-0.2, 0) is 20.8 Å². The molecule has 166 valence electrons. The molecule has 1 saturated heterocycles. The summed E-state index contributed by atoms with van der Waals surface area (Å²) in [4.78, 5) is 6.68. The van der Waals surface area contributed by atoms with Crippen LogP contribution < -0.4 is 15.5 Å². The first-order chi connectivity index (χ1) is 13.8. The maximum atomic E-state index is 5.58. The van der Waals surface area contributed by atoms with Crippen LogP contribution in [-0.4, -0.2) is 72.3 Å². The van der Waals surface area contributed by atoms with Gasteiger partial charge in [0.15, 0.2) is 5.96 Å². The summed E-state index contributed by atoms with van der Waals surface area (Å²) in [5.41, 5.74) is 2.52. The van der Waals surface area contributed by atoms with Gasteiger partial charge in [0.1, 0.15) is 0 Å². The highest BCUT2D eigenvalue weighted by atomic mass is 127. The Morgan fingerprint density at radius 1 is 1.07 bits per heavy atom. The SMILES string of the molecule is CCCCOCCOCCNC(=NC)NCc1ccccc1N1CCOCC1.I. The Bertz CT molecular complexity index is 569. The van der Waals surface area contributed by atoms with Crippen molar-refractivity contribution in [3.63, 3.8) is 0 Å². The van der Waals surface area contributed by atoms with Crippen molar-refractivity contribution in [2.45, 2.75) is 26.3 Å². The quantitative estimate of drug-likeness (QED) is 0.191. The lowest BCUT2D eigenvalue weighted by Crippen LogP contribution is -2.40. The Hall–Kier alpha value is -1.10. The highest BCUT2D eigenvalue weighted by molar-refractivity contribution is 14.0. The molecule has 8 heteroatoms. The molecule has 1 fully saturated rings. The zero-order valence-corrected chi connectivity index (χ0v) is 20.2. The number of nitrogens with one attached hydrogen (secondary N) is 2. The molecule has 0 radical (unpaired) electrons. The largest absolute Gasteiger partial charge is 0.379 e. The van der Waals surface area contributed by atoms with E-state index in [1.807, 2.05) is 0 Å². The van der Waals surface area contributed by atoms with Gasteiger partial charge in [0.2, 0.25) is 0 Å². The zero-order chi connectivity index (χ0) is 19.9. The number of ether oxygens (including phenoxy) is 3. The number of nitrogens with zero attached hydrogens (tertiary/aromatic N) is 2. The van der Waals surface area contributed by atoms with Crippen molar-refractivity contribution < 1.29 is 14.2 Å². The molecular formula is C21H37IN4O3. The van der Waals surface area contributed by atoms with Gasteiger partial charge in [-0.2, -0.15) is 0 Å². The Labute approximate surface area is 192 Å². The van der Waals surface area contributed by atoms with Gasteiger partial charge >= 0.3 is 0 Å². The molecule has 1 aliphatic rings. The Balaban J connectivity index is 0.00000420. The molecule has 0 aromatic heterocycles. The number of anilines is 1. The van der Waals surface area contributed by atoms with E-state index in [1.165, 1.54) is 11.3 Å². The van der Waals surface area contributed by atoms with Gasteiger partial charge < -0.3 is 29.7 Å². The number of aliphatic imine (C=N–C) groups is 1. The van der Waals surface area contributed by atoms with E-state index in [2.05, 4.69) is 51.7 Å². The lowest BCUT2D eigenvalue weighted by atomic mass is 10.1. The van der Waals surface area contributed by atoms with Crippen LogP contribution >= 0.6 is 24.0 Å². The fourth-order valence-electron chi connectivity index (χ4n) is 2.98. The number of unbranched alkanes of at least 4 members (excludes halogenated alkanes) is 1. The van der Waals surface area contributed by atoms with Crippen LogP contribution in [0, 0.1) is 0 Å². The first-order valence-corrected chi connectivity index (χ1v) is 10.4. The molecule has 0 unspecified atom stereocenters. The summed E-state index contributed by atoms with van der Waals surface area (Å²) in [6, 6.07) is 8.50. The normalized spacial score (nSPS) is 14.4. The van der Waals surface area contributed by atoms with E-state index in [9.17, 15) is 0 Å². The van der Waals surface area contributed by atoms with Crippen molar-refractivity contribution in [3.05, 3.63) is 29.8 Å². The molecule has 2 N–H and O–H groups in total. The molecule has 1 heterocycles. The van der Waals surface area contributed by atoms with Crippen molar-refractivity contribution in [2.75, 3.05) is 71.2 Å². The van der Waals surface area contributed by atoms with Gasteiger partial charge in [-0.1, -0.05) is 31.5 Å². The average Bonchev–Trinajstić information content (AvgIpc) is 2.75. The van der Waals surface area contributed by atoms with Crippen molar-refractivity contribution in [2.24, 2.45) is 4.99 Å². The van der Waals surface area contributed by atoms with Gasteiger partial charge in [0.05, 0.1) is 33.0 Å².